The highest BCUT2D eigenvalue weighted by Crippen LogP contribution is 2.34. The van der Waals surface area contributed by atoms with Crippen LogP contribution < -0.4 is 24.5 Å². The number of fused-ring (bicyclic) bond motifs is 3. The van der Waals surface area contributed by atoms with Crippen LogP contribution in [0.1, 0.15) is 11.1 Å². The first-order valence-electron chi connectivity index (χ1n) is 13.0. The quantitative estimate of drug-likeness (QED) is 0.195. The highest BCUT2D eigenvalue weighted by atomic mass is 35.5. The molecule has 0 saturated carbocycles. The smallest absolute Gasteiger partial charge is 0.282 e. The molecule has 10 heteroatoms. The fourth-order valence-electron chi connectivity index (χ4n) is 4.74. The fourth-order valence-corrected chi connectivity index (χ4v) is 4.99. The largest absolute Gasteiger partial charge is 0.496 e. The van der Waals surface area contributed by atoms with Gasteiger partial charge in [-0.2, -0.15) is 9.78 Å². The van der Waals surface area contributed by atoms with Crippen LogP contribution in [0.25, 0.3) is 33.5 Å². The van der Waals surface area contributed by atoms with Crippen molar-refractivity contribution in [1.29, 1.82) is 0 Å². The molecule has 42 heavy (non-hydrogen) atoms. The first-order chi connectivity index (χ1) is 20.6. The number of benzene rings is 4. The van der Waals surface area contributed by atoms with Crippen LogP contribution in [0.3, 0.4) is 0 Å². The van der Waals surface area contributed by atoms with Crippen LogP contribution >= 0.6 is 11.6 Å². The number of hydrogen-bond acceptors (Lipinski definition) is 8. The molecular weight excluding hydrogens is 558 g/mol. The minimum Gasteiger partial charge on any atom is -0.496 e. The van der Waals surface area contributed by atoms with Gasteiger partial charge in [-0.05, 0) is 71.8 Å². The Morgan fingerprint density at radius 3 is 2.71 bits per heavy atom. The molecule has 0 N–H and O–H groups in total. The van der Waals surface area contributed by atoms with E-state index in [1.807, 2.05) is 42.5 Å². The molecule has 9 nitrogen and oxygen atoms in total. The van der Waals surface area contributed by atoms with Crippen molar-refractivity contribution in [3.63, 3.8) is 0 Å². The highest BCUT2D eigenvalue weighted by molar-refractivity contribution is 6.32. The van der Waals surface area contributed by atoms with Crippen molar-refractivity contribution >= 4 is 39.7 Å². The summed E-state index contributed by atoms with van der Waals surface area (Å²) in [5.41, 5.74) is 2.37. The van der Waals surface area contributed by atoms with Gasteiger partial charge in [0.15, 0.2) is 17.3 Å². The van der Waals surface area contributed by atoms with Crippen molar-refractivity contribution in [2.24, 2.45) is 5.10 Å². The molecule has 0 fully saturated rings. The van der Waals surface area contributed by atoms with Gasteiger partial charge in [0.1, 0.15) is 23.7 Å². The number of furan rings is 1. The third kappa shape index (κ3) is 4.69. The molecule has 0 atom stereocenters. The van der Waals surface area contributed by atoms with E-state index in [1.54, 1.807) is 49.6 Å². The second-order valence-corrected chi connectivity index (χ2v) is 9.87. The van der Waals surface area contributed by atoms with Crippen molar-refractivity contribution in [3.8, 4) is 34.6 Å². The van der Waals surface area contributed by atoms with E-state index in [9.17, 15) is 4.79 Å². The molecule has 208 valence electrons. The Hall–Kier alpha value is -5.28. The Balaban J connectivity index is 1.21. The van der Waals surface area contributed by atoms with Crippen molar-refractivity contribution in [3.05, 3.63) is 111 Å². The van der Waals surface area contributed by atoms with Gasteiger partial charge in [0.25, 0.3) is 5.56 Å². The van der Waals surface area contributed by atoms with E-state index >= 15 is 0 Å². The van der Waals surface area contributed by atoms with Gasteiger partial charge in [-0.1, -0.05) is 35.9 Å². The molecule has 0 unspecified atom stereocenters. The Morgan fingerprint density at radius 2 is 1.83 bits per heavy atom. The molecular formula is C32H22ClN3O6. The second-order valence-electron chi connectivity index (χ2n) is 9.46. The number of aromatic nitrogens is 2. The first-order valence-corrected chi connectivity index (χ1v) is 13.4. The van der Waals surface area contributed by atoms with Crippen LogP contribution in [0, 0.1) is 0 Å². The molecule has 2 aromatic heterocycles. The van der Waals surface area contributed by atoms with Crippen molar-refractivity contribution in [2.45, 2.75) is 6.61 Å². The van der Waals surface area contributed by atoms with E-state index in [-0.39, 0.29) is 18.2 Å². The third-order valence-corrected chi connectivity index (χ3v) is 7.12. The highest BCUT2D eigenvalue weighted by Gasteiger charge is 2.18. The average molecular weight is 580 g/mol. The third-order valence-electron chi connectivity index (χ3n) is 6.83. The zero-order valence-electron chi connectivity index (χ0n) is 22.2. The summed E-state index contributed by atoms with van der Waals surface area (Å²) in [5, 5.41) is 6.10. The lowest BCUT2D eigenvalue weighted by Gasteiger charge is -2.10. The summed E-state index contributed by atoms with van der Waals surface area (Å²) < 4.78 is 29.5. The number of nitrogens with zero attached hydrogens (tertiary/aromatic N) is 3. The lowest BCUT2D eigenvalue weighted by molar-refractivity contribution is 0.174. The van der Waals surface area contributed by atoms with Crippen LogP contribution in [0.15, 0.2) is 99.2 Å². The summed E-state index contributed by atoms with van der Waals surface area (Å²) in [6.45, 7) is 0.512. The molecule has 7 rings (SSSR count). The minimum absolute atomic E-state index is 0.213. The Kier molecular flexibility index (Phi) is 6.48. The van der Waals surface area contributed by atoms with Crippen LogP contribution in [0.4, 0.5) is 0 Å². The Bertz CT molecular complexity index is 2070. The maximum atomic E-state index is 13.6. The maximum absolute atomic E-state index is 13.6. The molecule has 6 aromatic rings. The molecule has 0 amide bonds. The van der Waals surface area contributed by atoms with Gasteiger partial charge in [0, 0.05) is 0 Å². The van der Waals surface area contributed by atoms with Gasteiger partial charge in [-0.25, -0.2) is 4.98 Å². The van der Waals surface area contributed by atoms with Crippen molar-refractivity contribution in [1.82, 2.24) is 9.66 Å². The average Bonchev–Trinajstić information content (AvgIpc) is 3.67. The molecule has 0 saturated heterocycles. The molecule has 4 aromatic carbocycles. The predicted molar refractivity (Wildman–Crippen MR) is 159 cm³/mol. The lowest BCUT2D eigenvalue weighted by atomic mass is 10.2. The number of ether oxygens (including phenoxy) is 4. The van der Waals surface area contributed by atoms with Crippen LogP contribution in [0.2, 0.25) is 5.02 Å². The first kappa shape index (κ1) is 25.7. The van der Waals surface area contributed by atoms with E-state index in [1.165, 1.54) is 10.9 Å². The molecule has 0 aliphatic carbocycles. The number of methoxy groups -OCH3 is 1. The fraction of sp³-hybridized carbons (Fsp3) is 0.0938. The summed E-state index contributed by atoms with van der Waals surface area (Å²) in [7, 11) is 1.59. The molecule has 0 radical (unpaired) electrons. The molecule has 1 aliphatic rings. The van der Waals surface area contributed by atoms with Crippen LogP contribution in [0.5, 0.6) is 23.0 Å². The predicted octanol–water partition coefficient (Wildman–Crippen LogP) is 6.66. The van der Waals surface area contributed by atoms with E-state index in [4.69, 9.17) is 39.9 Å². The van der Waals surface area contributed by atoms with E-state index < -0.39 is 0 Å². The van der Waals surface area contributed by atoms with Gasteiger partial charge < -0.3 is 23.4 Å². The number of para-hydroxylation sites is 1. The minimum atomic E-state index is -0.339. The van der Waals surface area contributed by atoms with Crippen LogP contribution in [-0.4, -0.2) is 29.8 Å². The molecule has 1 aliphatic heterocycles. The van der Waals surface area contributed by atoms with Gasteiger partial charge in [0.05, 0.1) is 34.6 Å². The normalized spacial score (nSPS) is 12.4. The van der Waals surface area contributed by atoms with E-state index in [0.29, 0.717) is 62.4 Å². The SMILES string of the molecule is COc1cccc2oc(-c3nc4ccccc4c(=O)n3N=Cc3ccc(OCc4ccc5c(c4)OCO5)c(Cl)c3)cc12. The van der Waals surface area contributed by atoms with Gasteiger partial charge in [-0.3, -0.25) is 4.79 Å². The molecule has 0 spiro atoms. The van der Waals surface area contributed by atoms with E-state index in [0.717, 1.165) is 10.9 Å². The topological polar surface area (TPSA) is 97.3 Å². The van der Waals surface area contributed by atoms with Gasteiger partial charge in [0.2, 0.25) is 12.6 Å². The van der Waals surface area contributed by atoms with Crippen molar-refractivity contribution in [2.75, 3.05) is 13.9 Å². The van der Waals surface area contributed by atoms with Crippen molar-refractivity contribution < 1.29 is 23.4 Å². The summed E-state index contributed by atoms with van der Waals surface area (Å²) in [4.78, 5) is 18.3. The number of rotatable bonds is 7. The summed E-state index contributed by atoms with van der Waals surface area (Å²) in [6, 6.07) is 25.3. The number of hydrogen-bond donors (Lipinski definition) is 0. The Labute approximate surface area is 244 Å². The maximum Gasteiger partial charge on any atom is 0.282 e. The van der Waals surface area contributed by atoms with Gasteiger partial charge in [-0.15, -0.1) is 0 Å². The molecule has 0 bridgehead atoms. The van der Waals surface area contributed by atoms with Crippen LogP contribution in [-0.2, 0) is 6.61 Å². The Morgan fingerprint density at radius 1 is 0.952 bits per heavy atom. The summed E-state index contributed by atoms with van der Waals surface area (Å²) in [5.74, 6) is 3.18. The summed E-state index contributed by atoms with van der Waals surface area (Å²) >= 11 is 6.54. The number of halogens is 1. The van der Waals surface area contributed by atoms with Gasteiger partial charge >= 0.3 is 0 Å². The molecule has 3 heterocycles. The second kappa shape index (κ2) is 10.6. The monoisotopic (exact) mass is 579 g/mol. The standard InChI is InChI=1S/C32H22ClN3O6/c1-38-25-7-4-8-26-22(25)15-30(42-26)31-35-24-6-3-2-5-21(24)32(37)36(31)34-16-19-9-11-27(23(33)13-19)39-17-20-10-12-28-29(14-20)41-18-40-28/h2-16H,17-18H2,1H3. The zero-order valence-corrected chi connectivity index (χ0v) is 23.0. The zero-order chi connectivity index (χ0) is 28.6. The van der Waals surface area contributed by atoms with E-state index in [2.05, 4.69) is 5.10 Å². The lowest BCUT2D eigenvalue weighted by Crippen LogP contribution is -2.20. The summed E-state index contributed by atoms with van der Waals surface area (Å²) in [6.07, 6.45) is 1.54.